The van der Waals surface area contributed by atoms with E-state index in [-0.39, 0.29) is 0 Å². The third kappa shape index (κ3) is 3.79. The quantitative estimate of drug-likeness (QED) is 0.557. The van der Waals surface area contributed by atoms with E-state index in [0.717, 1.165) is 0 Å². The normalized spacial score (nSPS) is 12.0. The first-order valence-electron chi connectivity index (χ1n) is 4.09. The van der Waals surface area contributed by atoms with Gasteiger partial charge in [0.2, 0.25) is 0 Å². The monoisotopic (exact) mass is 209 g/mol. The van der Waals surface area contributed by atoms with Crippen LogP contribution in [0.15, 0.2) is 0 Å². The summed E-state index contributed by atoms with van der Waals surface area (Å²) in [5.74, 6) is 0. The van der Waals surface area contributed by atoms with Crippen molar-refractivity contribution in [2.45, 2.75) is 20.8 Å². The highest BCUT2D eigenvalue weighted by Gasteiger charge is 2.42. The molecule has 0 atom stereocenters. The van der Waals surface area contributed by atoms with E-state index in [0.29, 0.717) is 19.8 Å². The van der Waals surface area contributed by atoms with Crippen LogP contribution in [0.5, 0.6) is 0 Å². The lowest BCUT2D eigenvalue weighted by Crippen LogP contribution is -2.48. The number of rotatable bonds is 7. The Kier molecular flexibility index (Phi) is 6.91. The zero-order chi connectivity index (χ0) is 9.45. The van der Waals surface area contributed by atoms with Crippen molar-refractivity contribution >= 4 is 19.5 Å². The summed E-state index contributed by atoms with van der Waals surface area (Å²) in [7, 11) is -1.40. The molecule has 0 N–H and O–H groups in total. The molecule has 12 heavy (non-hydrogen) atoms. The summed E-state index contributed by atoms with van der Waals surface area (Å²) in [6, 6.07) is 0. The Morgan fingerprint density at radius 3 is 1.42 bits per heavy atom. The van der Waals surface area contributed by atoms with Gasteiger partial charge in [0, 0.05) is 19.8 Å². The van der Waals surface area contributed by atoms with Gasteiger partial charge in [0.1, 0.15) is 0 Å². The maximum absolute atomic E-state index is 5.34. The Balaban J connectivity index is 4.06. The topological polar surface area (TPSA) is 36.9 Å². The Morgan fingerprint density at radius 1 is 0.917 bits per heavy atom. The fourth-order valence-corrected chi connectivity index (χ4v) is 3.09. The maximum Gasteiger partial charge on any atom is 0.668 e. The molecule has 0 heterocycles. The number of hydrogen-bond donors (Lipinski definition) is 0. The van der Waals surface area contributed by atoms with E-state index >= 15 is 0 Å². The van der Waals surface area contributed by atoms with Gasteiger partial charge in [-0.25, -0.2) is 0 Å². The third-order valence-corrected chi connectivity index (χ3v) is 4.48. The first-order chi connectivity index (χ1) is 5.74. The second-order valence-electron chi connectivity index (χ2n) is 1.94. The zero-order valence-corrected chi connectivity index (χ0v) is 10.4. The Hall–Kier alpha value is 0.274. The van der Waals surface area contributed by atoms with Gasteiger partial charge in [0.05, 0.1) is 0 Å². The first-order valence-corrected chi connectivity index (χ1v) is 6.30. The summed E-state index contributed by atoms with van der Waals surface area (Å²) < 4.78 is 21.2. The van der Waals surface area contributed by atoms with Gasteiger partial charge in [-0.1, -0.05) is 0 Å². The molecule has 0 saturated carbocycles. The third-order valence-electron chi connectivity index (χ3n) is 1.14. The van der Waals surface area contributed by atoms with Gasteiger partial charge in [0.25, 0.3) is 0 Å². The minimum atomic E-state index is -2.76. The second-order valence-corrected chi connectivity index (χ2v) is 4.96. The van der Waals surface area contributed by atoms with Gasteiger partial charge in [-0.3, -0.25) is 0 Å². The molecule has 0 aliphatic carbocycles. The molecule has 0 bridgehead atoms. The predicted molar refractivity (Wildman–Crippen MR) is 50.3 cm³/mol. The average Bonchev–Trinajstić information content (AvgIpc) is 2.06. The standard InChI is InChI=1S/C6H17O4Si2/c1-4-7-12(10-11,8-5-2)9-6-3/h4-6,11H2,1-3H3. The molecule has 0 amide bonds. The number of hydrogen-bond acceptors (Lipinski definition) is 4. The first kappa shape index (κ1) is 12.3. The minimum Gasteiger partial charge on any atom is -0.400 e. The average molecular weight is 209 g/mol. The van der Waals surface area contributed by atoms with Crippen LogP contribution in [-0.2, 0) is 17.4 Å². The van der Waals surface area contributed by atoms with Crippen molar-refractivity contribution in [2.75, 3.05) is 19.8 Å². The lowest BCUT2D eigenvalue weighted by Gasteiger charge is -2.25. The molecule has 0 aromatic rings. The van der Waals surface area contributed by atoms with Crippen LogP contribution < -0.4 is 0 Å². The summed E-state index contributed by atoms with van der Waals surface area (Å²) in [6.45, 7) is 7.31. The predicted octanol–water partition coefficient (Wildman–Crippen LogP) is 0.0962. The zero-order valence-electron chi connectivity index (χ0n) is 7.96. The van der Waals surface area contributed by atoms with Crippen molar-refractivity contribution in [3.63, 3.8) is 0 Å². The van der Waals surface area contributed by atoms with E-state index in [1.54, 1.807) is 0 Å². The van der Waals surface area contributed by atoms with Crippen molar-refractivity contribution in [1.82, 2.24) is 0 Å². The van der Waals surface area contributed by atoms with E-state index in [1.807, 2.05) is 20.8 Å². The van der Waals surface area contributed by atoms with Crippen molar-refractivity contribution < 1.29 is 17.4 Å². The lowest BCUT2D eigenvalue weighted by atomic mass is 10.9. The molecule has 0 aliphatic heterocycles. The van der Waals surface area contributed by atoms with E-state index < -0.39 is 9.05 Å². The molecule has 0 aromatic carbocycles. The van der Waals surface area contributed by atoms with Crippen molar-refractivity contribution in [1.29, 1.82) is 0 Å². The van der Waals surface area contributed by atoms with Gasteiger partial charge in [0.15, 0.2) is 10.5 Å². The second kappa shape index (κ2) is 6.75. The maximum atomic E-state index is 5.34. The van der Waals surface area contributed by atoms with Crippen LogP contribution in [0.4, 0.5) is 0 Å². The summed E-state index contributed by atoms with van der Waals surface area (Å²) in [5, 5.41) is 0. The molecular weight excluding hydrogens is 192 g/mol. The highest BCUT2D eigenvalue weighted by Crippen LogP contribution is 2.09. The van der Waals surface area contributed by atoms with Crippen LogP contribution in [0.25, 0.3) is 0 Å². The van der Waals surface area contributed by atoms with Gasteiger partial charge in [-0.2, -0.15) is 0 Å². The molecular formula is C6H17O4Si2. The molecule has 0 rings (SSSR count). The van der Waals surface area contributed by atoms with E-state index in [2.05, 4.69) is 0 Å². The van der Waals surface area contributed by atoms with E-state index in [9.17, 15) is 0 Å². The van der Waals surface area contributed by atoms with Crippen LogP contribution in [0.2, 0.25) is 0 Å². The van der Waals surface area contributed by atoms with E-state index in [1.165, 1.54) is 10.5 Å². The Bertz CT molecular complexity index is 94.7. The van der Waals surface area contributed by atoms with Crippen molar-refractivity contribution in [3.8, 4) is 0 Å². The Morgan fingerprint density at radius 2 is 1.25 bits per heavy atom. The highest BCUT2D eigenvalue weighted by molar-refractivity contribution is 6.57. The molecule has 0 aromatic heterocycles. The summed E-state index contributed by atoms with van der Waals surface area (Å²) >= 11 is 0. The molecule has 0 unspecified atom stereocenters. The van der Waals surface area contributed by atoms with Gasteiger partial charge >= 0.3 is 9.05 Å². The molecule has 73 valence electrons. The fourth-order valence-electron chi connectivity index (χ4n) is 0.780. The largest absolute Gasteiger partial charge is 0.668 e. The Labute approximate surface area is 78.2 Å². The summed E-state index contributed by atoms with van der Waals surface area (Å²) in [5.41, 5.74) is 0. The van der Waals surface area contributed by atoms with Gasteiger partial charge in [-0.05, 0) is 20.8 Å². The van der Waals surface area contributed by atoms with Gasteiger partial charge in [-0.15, -0.1) is 0 Å². The van der Waals surface area contributed by atoms with E-state index in [4.69, 9.17) is 17.4 Å². The van der Waals surface area contributed by atoms with Crippen molar-refractivity contribution in [2.24, 2.45) is 0 Å². The molecule has 0 spiro atoms. The summed E-state index contributed by atoms with van der Waals surface area (Å²) in [6.07, 6.45) is 0. The van der Waals surface area contributed by atoms with Gasteiger partial charge < -0.3 is 17.4 Å². The highest BCUT2D eigenvalue weighted by atomic mass is 28.4. The lowest BCUT2D eigenvalue weighted by molar-refractivity contribution is 0.0122. The van der Waals surface area contributed by atoms with Crippen LogP contribution in [0, 0.1) is 0 Å². The van der Waals surface area contributed by atoms with Crippen LogP contribution in [0.3, 0.4) is 0 Å². The van der Waals surface area contributed by atoms with Crippen LogP contribution in [0.1, 0.15) is 20.8 Å². The molecule has 4 nitrogen and oxygen atoms in total. The van der Waals surface area contributed by atoms with Crippen LogP contribution >= 0.6 is 0 Å². The summed E-state index contributed by atoms with van der Waals surface area (Å²) in [4.78, 5) is 0. The SMILES string of the molecule is CCO[Si](O[SiH2])(OCC)OCC. The molecule has 1 radical (unpaired) electrons. The van der Waals surface area contributed by atoms with Crippen molar-refractivity contribution in [3.05, 3.63) is 0 Å². The van der Waals surface area contributed by atoms with Crippen LogP contribution in [-0.4, -0.2) is 39.4 Å². The fraction of sp³-hybridized carbons (Fsp3) is 1.00. The minimum absolute atomic E-state index is 0.546. The molecule has 6 heteroatoms. The molecule has 0 saturated heterocycles. The molecule has 0 fully saturated rings. The molecule has 0 aliphatic rings. The smallest absolute Gasteiger partial charge is 0.400 e.